The molecule has 2 N–H and O–H groups in total. The zero-order valence-corrected chi connectivity index (χ0v) is 12.8. The Hall–Kier alpha value is -1.55. The highest BCUT2D eigenvalue weighted by molar-refractivity contribution is 5.31. The first-order valence-electron chi connectivity index (χ1n) is 7.28. The average molecular weight is 272 g/mol. The van der Waals surface area contributed by atoms with Gasteiger partial charge >= 0.3 is 0 Å². The Bertz CT molecular complexity index is 633. The SMILES string of the molecule is Cc1c(Cn2ccc3c2CC(C)(C)CC3N)cnn1C. The molecule has 0 aromatic carbocycles. The number of aromatic nitrogens is 3. The zero-order chi connectivity index (χ0) is 14.5. The van der Waals surface area contributed by atoms with Crippen molar-refractivity contribution in [3.05, 3.63) is 41.0 Å². The van der Waals surface area contributed by atoms with Gasteiger partial charge in [-0.3, -0.25) is 4.68 Å². The van der Waals surface area contributed by atoms with Crippen LogP contribution in [0.2, 0.25) is 0 Å². The Labute approximate surface area is 120 Å². The van der Waals surface area contributed by atoms with E-state index < -0.39 is 0 Å². The Morgan fingerprint density at radius 3 is 2.85 bits per heavy atom. The molecule has 20 heavy (non-hydrogen) atoms. The Morgan fingerprint density at radius 2 is 2.20 bits per heavy atom. The number of rotatable bonds is 2. The van der Waals surface area contributed by atoms with Crippen molar-refractivity contribution in [3.63, 3.8) is 0 Å². The zero-order valence-electron chi connectivity index (χ0n) is 12.8. The van der Waals surface area contributed by atoms with E-state index in [9.17, 15) is 0 Å². The highest BCUT2D eigenvalue weighted by Gasteiger charge is 2.32. The van der Waals surface area contributed by atoms with Crippen LogP contribution in [0.5, 0.6) is 0 Å². The normalized spacial score (nSPS) is 20.9. The van der Waals surface area contributed by atoms with Gasteiger partial charge in [-0.05, 0) is 36.8 Å². The van der Waals surface area contributed by atoms with Crippen molar-refractivity contribution >= 4 is 0 Å². The molecular formula is C16H24N4. The third-order valence-electron chi connectivity index (χ3n) is 4.61. The van der Waals surface area contributed by atoms with Gasteiger partial charge in [0.2, 0.25) is 0 Å². The van der Waals surface area contributed by atoms with Crippen LogP contribution in [-0.2, 0) is 20.0 Å². The molecule has 1 aliphatic rings. The molecule has 0 radical (unpaired) electrons. The monoisotopic (exact) mass is 272 g/mol. The van der Waals surface area contributed by atoms with Crippen LogP contribution in [0.15, 0.2) is 18.5 Å². The maximum atomic E-state index is 6.33. The fraction of sp³-hybridized carbons (Fsp3) is 0.562. The van der Waals surface area contributed by atoms with Crippen LogP contribution in [0.3, 0.4) is 0 Å². The summed E-state index contributed by atoms with van der Waals surface area (Å²) in [5.74, 6) is 0. The van der Waals surface area contributed by atoms with Crippen LogP contribution >= 0.6 is 0 Å². The van der Waals surface area contributed by atoms with Gasteiger partial charge < -0.3 is 10.3 Å². The highest BCUT2D eigenvalue weighted by atomic mass is 15.3. The third-order valence-corrected chi connectivity index (χ3v) is 4.61. The van der Waals surface area contributed by atoms with Crippen molar-refractivity contribution in [3.8, 4) is 0 Å². The molecule has 4 heteroatoms. The molecule has 0 aliphatic heterocycles. The maximum absolute atomic E-state index is 6.33. The van der Waals surface area contributed by atoms with E-state index in [0.717, 1.165) is 19.4 Å². The standard InChI is InChI=1S/C16H24N4/c1-11-12(9-18-19(11)4)10-20-6-5-13-14(17)7-16(2,3)8-15(13)20/h5-6,9,14H,7-8,10,17H2,1-4H3. The molecule has 2 heterocycles. The lowest BCUT2D eigenvalue weighted by atomic mass is 9.74. The molecule has 108 valence electrons. The van der Waals surface area contributed by atoms with Crippen LogP contribution < -0.4 is 5.73 Å². The van der Waals surface area contributed by atoms with E-state index in [4.69, 9.17) is 5.73 Å². The molecule has 0 fully saturated rings. The van der Waals surface area contributed by atoms with E-state index in [1.165, 1.54) is 22.5 Å². The van der Waals surface area contributed by atoms with E-state index in [-0.39, 0.29) is 11.5 Å². The summed E-state index contributed by atoms with van der Waals surface area (Å²) in [6, 6.07) is 2.37. The van der Waals surface area contributed by atoms with Gasteiger partial charge in [-0.1, -0.05) is 13.8 Å². The summed E-state index contributed by atoms with van der Waals surface area (Å²) in [6.07, 6.45) is 6.31. The number of hydrogen-bond donors (Lipinski definition) is 1. The summed E-state index contributed by atoms with van der Waals surface area (Å²) in [4.78, 5) is 0. The number of nitrogens with zero attached hydrogens (tertiary/aromatic N) is 3. The number of aryl methyl sites for hydroxylation is 1. The molecule has 1 aliphatic carbocycles. The Morgan fingerprint density at radius 1 is 1.45 bits per heavy atom. The van der Waals surface area contributed by atoms with Crippen LogP contribution in [-0.4, -0.2) is 14.3 Å². The van der Waals surface area contributed by atoms with Crippen molar-refractivity contribution < 1.29 is 0 Å². The minimum atomic E-state index is 0.171. The number of nitrogens with two attached hydrogens (primary N) is 1. The summed E-state index contributed by atoms with van der Waals surface area (Å²) in [5, 5.41) is 4.33. The minimum absolute atomic E-state index is 0.171. The topological polar surface area (TPSA) is 48.8 Å². The minimum Gasteiger partial charge on any atom is -0.347 e. The second-order valence-corrected chi connectivity index (χ2v) is 6.88. The van der Waals surface area contributed by atoms with Gasteiger partial charge in [0, 0.05) is 36.2 Å². The molecule has 1 atom stereocenters. The maximum Gasteiger partial charge on any atom is 0.0542 e. The predicted molar refractivity (Wildman–Crippen MR) is 80.5 cm³/mol. The Kier molecular flexibility index (Phi) is 3.01. The Balaban J connectivity index is 1.95. The fourth-order valence-corrected chi connectivity index (χ4v) is 3.33. The van der Waals surface area contributed by atoms with Crippen molar-refractivity contribution in [2.45, 2.75) is 46.2 Å². The molecule has 3 rings (SSSR count). The van der Waals surface area contributed by atoms with E-state index in [2.05, 4.69) is 42.7 Å². The van der Waals surface area contributed by atoms with E-state index >= 15 is 0 Å². The highest BCUT2D eigenvalue weighted by Crippen LogP contribution is 2.40. The first kappa shape index (κ1) is 13.4. The third kappa shape index (κ3) is 2.18. The first-order chi connectivity index (χ1) is 9.37. The molecule has 2 aromatic rings. The van der Waals surface area contributed by atoms with Crippen molar-refractivity contribution in [2.24, 2.45) is 18.2 Å². The summed E-state index contributed by atoms with van der Waals surface area (Å²) in [7, 11) is 1.99. The summed E-state index contributed by atoms with van der Waals surface area (Å²) in [6.45, 7) is 7.62. The van der Waals surface area contributed by atoms with Gasteiger partial charge in [0.15, 0.2) is 0 Å². The summed E-state index contributed by atoms with van der Waals surface area (Å²) >= 11 is 0. The molecule has 1 unspecified atom stereocenters. The molecule has 4 nitrogen and oxygen atoms in total. The van der Waals surface area contributed by atoms with Crippen LogP contribution in [0, 0.1) is 12.3 Å². The largest absolute Gasteiger partial charge is 0.347 e. The lowest BCUT2D eigenvalue weighted by Crippen LogP contribution is -2.30. The molecule has 0 saturated heterocycles. The van der Waals surface area contributed by atoms with Crippen molar-refractivity contribution in [1.29, 1.82) is 0 Å². The van der Waals surface area contributed by atoms with Crippen molar-refractivity contribution in [1.82, 2.24) is 14.3 Å². The molecule has 2 aromatic heterocycles. The van der Waals surface area contributed by atoms with E-state index in [1.54, 1.807) is 0 Å². The van der Waals surface area contributed by atoms with Gasteiger partial charge in [-0.15, -0.1) is 0 Å². The molecule has 0 spiro atoms. The fourth-order valence-electron chi connectivity index (χ4n) is 3.33. The average Bonchev–Trinajstić information content (AvgIpc) is 2.87. The quantitative estimate of drug-likeness (QED) is 0.913. The van der Waals surface area contributed by atoms with Crippen LogP contribution in [0.4, 0.5) is 0 Å². The molecule has 0 amide bonds. The summed E-state index contributed by atoms with van der Waals surface area (Å²) < 4.78 is 4.28. The van der Waals surface area contributed by atoms with Gasteiger partial charge in [-0.25, -0.2) is 0 Å². The van der Waals surface area contributed by atoms with Gasteiger partial charge in [0.1, 0.15) is 0 Å². The number of hydrogen-bond acceptors (Lipinski definition) is 2. The smallest absolute Gasteiger partial charge is 0.0542 e. The lowest BCUT2D eigenvalue weighted by Gasteiger charge is -2.34. The second kappa shape index (κ2) is 4.48. The first-order valence-corrected chi connectivity index (χ1v) is 7.28. The van der Waals surface area contributed by atoms with E-state index in [0.29, 0.717) is 0 Å². The number of fused-ring (bicyclic) bond motifs is 1. The predicted octanol–water partition coefficient (Wildman–Crippen LogP) is 2.55. The van der Waals surface area contributed by atoms with Gasteiger partial charge in [0.05, 0.1) is 12.7 Å². The van der Waals surface area contributed by atoms with Crippen molar-refractivity contribution in [2.75, 3.05) is 0 Å². The second-order valence-electron chi connectivity index (χ2n) is 6.88. The van der Waals surface area contributed by atoms with Crippen LogP contribution in [0.1, 0.15) is 48.8 Å². The molecular weight excluding hydrogens is 248 g/mol. The molecule has 0 saturated carbocycles. The van der Waals surface area contributed by atoms with Crippen LogP contribution in [0.25, 0.3) is 0 Å². The van der Waals surface area contributed by atoms with Gasteiger partial charge in [-0.2, -0.15) is 5.10 Å². The molecule has 0 bridgehead atoms. The van der Waals surface area contributed by atoms with Gasteiger partial charge in [0.25, 0.3) is 0 Å². The summed E-state index contributed by atoms with van der Waals surface area (Å²) in [5.41, 5.74) is 11.9. The van der Waals surface area contributed by atoms with E-state index in [1.807, 2.05) is 17.9 Å². The lowest BCUT2D eigenvalue weighted by molar-refractivity contribution is 0.276.